The standard InChI is InChI=1S/C56H107NO5/c1-4-7-10-13-16-19-22-25-27-29-31-33-36-39-42-45-48-54(59)53(51-58)57-55(60)50-52(47-44-41-38-35-32-30-28-26-23-20-17-14-11-8-5-2)62-56(61)49-46-43-40-37-34-24-21-18-15-12-9-6-3/h17,20,26,28,52-54,58-59H,4-16,18-19,21-25,27,29-51H2,1-3H3,(H,57,60)/b20-17-,28-26-. The van der Waals surface area contributed by atoms with E-state index in [9.17, 15) is 19.8 Å². The molecule has 0 radical (unpaired) electrons. The molecule has 6 nitrogen and oxygen atoms in total. The van der Waals surface area contributed by atoms with Crippen molar-refractivity contribution in [3.8, 4) is 0 Å². The van der Waals surface area contributed by atoms with Gasteiger partial charge in [0.1, 0.15) is 6.10 Å². The molecule has 0 rings (SSSR count). The van der Waals surface area contributed by atoms with Gasteiger partial charge in [-0.15, -0.1) is 0 Å². The van der Waals surface area contributed by atoms with E-state index in [1.165, 1.54) is 186 Å². The SMILES string of the molecule is CCCCC/C=C\C/C=C\CCCCCCCC(CC(=O)NC(CO)C(O)CCCCCCCCCCCCCCCCCC)OC(=O)CCCCCCCCCCCCCC. The Kier molecular flexibility index (Phi) is 49.0. The Bertz CT molecular complexity index is 981. The van der Waals surface area contributed by atoms with Crippen LogP contribution in [0.1, 0.15) is 297 Å². The molecule has 0 saturated heterocycles. The van der Waals surface area contributed by atoms with Crippen molar-refractivity contribution in [2.75, 3.05) is 6.61 Å². The number of aliphatic hydroxyl groups excluding tert-OH is 2. The van der Waals surface area contributed by atoms with E-state index < -0.39 is 18.2 Å². The molecule has 0 saturated carbocycles. The molecule has 3 unspecified atom stereocenters. The summed E-state index contributed by atoms with van der Waals surface area (Å²) in [5, 5.41) is 23.8. The van der Waals surface area contributed by atoms with Gasteiger partial charge in [-0.25, -0.2) is 0 Å². The van der Waals surface area contributed by atoms with Crippen LogP contribution < -0.4 is 5.32 Å². The molecule has 0 aromatic rings. The lowest BCUT2D eigenvalue weighted by Crippen LogP contribution is -2.46. The van der Waals surface area contributed by atoms with Crippen LogP contribution in [0, 0.1) is 0 Å². The van der Waals surface area contributed by atoms with Crippen LogP contribution >= 0.6 is 0 Å². The van der Waals surface area contributed by atoms with Crippen LogP contribution in [-0.4, -0.2) is 46.9 Å². The number of hydrogen-bond donors (Lipinski definition) is 3. The zero-order valence-electron chi connectivity index (χ0n) is 41.8. The summed E-state index contributed by atoms with van der Waals surface area (Å²) >= 11 is 0. The van der Waals surface area contributed by atoms with Crippen molar-refractivity contribution >= 4 is 11.9 Å². The van der Waals surface area contributed by atoms with E-state index in [0.717, 1.165) is 64.2 Å². The van der Waals surface area contributed by atoms with Crippen molar-refractivity contribution in [1.82, 2.24) is 5.32 Å². The predicted molar refractivity (Wildman–Crippen MR) is 269 cm³/mol. The lowest BCUT2D eigenvalue weighted by molar-refractivity contribution is -0.151. The second kappa shape index (κ2) is 50.3. The fourth-order valence-corrected chi connectivity index (χ4v) is 8.58. The normalized spacial score (nSPS) is 13.3. The zero-order chi connectivity index (χ0) is 45.2. The molecule has 0 aromatic heterocycles. The van der Waals surface area contributed by atoms with Gasteiger partial charge in [0.05, 0.1) is 25.2 Å². The van der Waals surface area contributed by atoms with E-state index in [0.29, 0.717) is 19.3 Å². The first-order valence-corrected chi connectivity index (χ1v) is 27.6. The van der Waals surface area contributed by atoms with Crippen LogP contribution in [-0.2, 0) is 14.3 Å². The van der Waals surface area contributed by atoms with Crippen molar-refractivity contribution < 1.29 is 24.5 Å². The Labute approximate surface area is 386 Å². The molecule has 366 valence electrons. The minimum absolute atomic E-state index is 0.0737. The summed E-state index contributed by atoms with van der Waals surface area (Å²) in [5.41, 5.74) is 0. The molecule has 0 bridgehead atoms. The third-order valence-electron chi connectivity index (χ3n) is 12.8. The summed E-state index contributed by atoms with van der Waals surface area (Å²) < 4.78 is 5.94. The Morgan fingerprint density at radius 2 is 0.823 bits per heavy atom. The fourth-order valence-electron chi connectivity index (χ4n) is 8.58. The van der Waals surface area contributed by atoms with E-state index in [2.05, 4.69) is 50.4 Å². The van der Waals surface area contributed by atoms with Gasteiger partial charge < -0.3 is 20.3 Å². The van der Waals surface area contributed by atoms with Crippen molar-refractivity contribution in [3.05, 3.63) is 24.3 Å². The summed E-state index contributed by atoms with van der Waals surface area (Å²) in [7, 11) is 0. The second-order valence-corrected chi connectivity index (χ2v) is 19.0. The smallest absolute Gasteiger partial charge is 0.306 e. The molecule has 62 heavy (non-hydrogen) atoms. The number of amides is 1. The van der Waals surface area contributed by atoms with E-state index in [1.807, 2.05) is 0 Å². The molecule has 3 N–H and O–H groups in total. The maximum atomic E-state index is 13.2. The number of hydrogen-bond acceptors (Lipinski definition) is 5. The molecule has 0 spiro atoms. The van der Waals surface area contributed by atoms with Crippen molar-refractivity contribution in [3.63, 3.8) is 0 Å². The van der Waals surface area contributed by atoms with Crippen molar-refractivity contribution in [2.24, 2.45) is 0 Å². The van der Waals surface area contributed by atoms with E-state index in [1.54, 1.807) is 0 Å². The lowest BCUT2D eigenvalue weighted by atomic mass is 10.0. The highest BCUT2D eigenvalue weighted by Gasteiger charge is 2.24. The monoisotopic (exact) mass is 874 g/mol. The van der Waals surface area contributed by atoms with Gasteiger partial charge in [-0.2, -0.15) is 0 Å². The van der Waals surface area contributed by atoms with Gasteiger partial charge in [-0.1, -0.05) is 251 Å². The highest BCUT2D eigenvalue weighted by molar-refractivity contribution is 5.77. The summed E-state index contributed by atoms with van der Waals surface area (Å²) in [6.45, 7) is 6.48. The van der Waals surface area contributed by atoms with Gasteiger partial charge in [0.2, 0.25) is 5.91 Å². The second-order valence-electron chi connectivity index (χ2n) is 19.0. The molecular formula is C56H107NO5. The van der Waals surface area contributed by atoms with E-state index in [4.69, 9.17) is 4.74 Å². The largest absolute Gasteiger partial charge is 0.462 e. The van der Waals surface area contributed by atoms with Crippen LogP contribution in [0.4, 0.5) is 0 Å². The zero-order valence-corrected chi connectivity index (χ0v) is 41.8. The Hall–Kier alpha value is -1.66. The molecular weight excluding hydrogens is 767 g/mol. The molecule has 0 fully saturated rings. The highest BCUT2D eigenvalue weighted by Crippen LogP contribution is 2.18. The van der Waals surface area contributed by atoms with E-state index in [-0.39, 0.29) is 24.9 Å². The topological polar surface area (TPSA) is 95.9 Å². The van der Waals surface area contributed by atoms with E-state index >= 15 is 0 Å². The van der Waals surface area contributed by atoms with Gasteiger partial charge in [0.25, 0.3) is 0 Å². The summed E-state index contributed by atoms with van der Waals surface area (Å²) in [5.74, 6) is -0.472. The minimum Gasteiger partial charge on any atom is -0.462 e. The number of carbonyl (C=O) groups excluding carboxylic acids is 2. The Balaban J connectivity index is 4.53. The number of allylic oxidation sites excluding steroid dienone is 4. The van der Waals surface area contributed by atoms with Gasteiger partial charge in [0, 0.05) is 6.42 Å². The van der Waals surface area contributed by atoms with Crippen LogP contribution in [0.5, 0.6) is 0 Å². The highest BCUT2D eigenvalue weighted by atomic mass is 16.5. The molecule has 1 amide bonds. The third kappa shape index (κ3) is 44.9. The van der Waals surface area contributed by atoms with Gasteiger partial charge in [-0.3, -0.25) is 9.59 Å². The fraction of sp³-hybridized carbons (Fsp3) is 0.893. The first kappa shape index (κ1) is 60.3. The lowest BCUT2D eigenvalue weighted by Gasteiger charge is -2.24. The summed E-state index contributed by atoms with van der Waals surface area (Å²) in [4.78, 5) is 26.2. The van der Waals surface area contributed by atoms with Gasteiger partial charge >= 0.3 is 5.97 Å². The summed E-state index contributed by atoms with van der Waals surface area (Å²) in [6.07, 6.45) is 58.1. The number of nitrogens with one attached hydrogen (secondary N) is 1. The molecule has 3 atom stereocenters. The van der Waals surface area contributed by atoms with Crippen LogP contribution in [0.2, 0.25) is 0 Å². The third-order valence-corrected chi connectivity index (χ3v) is 12.8. The quantitative estimate of drug-likeness (QED) is 0.0321. The van der Waals surface area contributed by atoms with Gasteiger partial charge in [-0.05, 0) is 57.8 Å². The van der Waals surface area contributed by atoms with Crippen LogP contribution in [0.25, 0.3) is 0 Å². The first-order valence-electron chi connectivity index (χ1n) is 27.6. The minimum atomic E-state index is -0.788. The van der Waals surface area contributed by atoms with Crippen LogP contribution in [0.15, 0.2) is 24.3 Å². The maximum absolute atomic E-state index is 13.2. The molecule has 0 heterocycles. The number of unbranched alkanes of at least 4 members (excludes halogenated alkanes) is 34. The number of carbonyl (C=O) groups is 2. The molecule has 0 aliphatic rings. The predicted octanol–water partition coefficient (Wildman–Crippen LogP) is 16.7. The average Bonchev–Trinajstić information content (AvgIpc) is 3.26. The number of rotatable bonds is 50. The Morgan fingerprint density at radius 1 is 0.468 bits per heavy atom. The number of aliphatic hydroxyl groups is 2. The molecule has 0 aliphatic carbocycles. The van der Waals surface area contributed by atoms with Crippen molar-refractivity contribution in [2.45, 2.75) is 315 Å². The summed E-state index contributed by atoms with van der Waals surface area (Å²) in [6, 6.07) is -0.702. The number of esters is 1. The van der Waals surface area contributed by atoms with Gasteiger partial charge in [0.15, 0.2) is 0 Å². The average molecular weight is 874 g/mol. The maximum Gasteiger partial charge on any atom is 0.306 e. The first-order chi connectivity index (χ1) is 30.5. The van der Waals surface area contributed by atoms with Crippen molar-refractivity contribution in [1.29, 1.82) is 0 Å². The number of ether oxygens (including phenoxy) is 1. The molecule has 6 heteroatoms. The molecule has 0 aromatic carbocycles. The molecule has 0 aliphatic heterocycles. The Morgan fingerprint density at radius 3 is 1.26 bits per heavy atom. The van der Waals surface area contributed by atoms with Crippen LogP contribution in [0.3, 0.4) is 0 Å².